The molecule has 1 N–H and O–H groups in total. The molecule has 0 amide bonds. The van der Waals surface area contributed by atoms with Crippen LogP contribution in [0, 0.1) is 0 Å². The maximum absolute atomic E-state index is 12.4. The third-order valence-corrected chi connectivity index (χ3v) is 5.47. The first-order valence-electron chi connectivity index (χ1n) is 5.99. The van der Waals surface area contributed by atoms with E-state index < -0.39 is 10.0 Å². The Morgan fingerprint density at radius 3 is 2.74 bits per heavy atom. The van der Waals surface area contributed by atoms with Crippen LogP contribution < -0.4 is 5.32 Å². The molecule has 4 nitrogen and oxygen atoms in total. The lowest BCUT2D eigenvalue weighted by molar-refractivity contribution is 0.498. The molecule has 6 heteroatoms. The average molecular weight is 347 g/mol. The SMILES string of the molecule is C=CCN(C)S(=O)(=O)c1cc(CNCC)ccc1Br. The van der Waals surface area contributed by atoms with Crippen LogP contribution in [0.25, 0.3) is 0 Å². The van der Waals surface area contributed by atoms with E-state index >= 15 is 0 Å². The minimum absolute atomic E-state index is 0.284. The largest absolute Gasteiger partial charge is 0.313 e. The Labute approximate surface area is 123 Å². The van der Waals surface area contributed by atoms with E-state index in [1.807, 2.05) is 13.0 Å². The van der Waals surface area contributed by atoms with E-state index in [1.54, 1.807) is 25.3 Å². The van der Waals surface area contributed by atoms with Gasteiger partial charge in [-0.2, -0.15) is 4.31 Å². The maximum Gasteiger partial charge on any atom is 0.244 e. The van der Waals surface area contributed by atoms with Crippen molar-refractivity contribution < 1.29 is 8.42 Å². The fraction of sp³-hybridized carbons (Fsp3) is 0.385. The van der Waals surface area contributed by atoms with E-state index in [0.717, 1.165) is 12.1 Å². The van der Waals surface area contributed by atoms with Crippen LogP contribution in [0.1, 0.15) is 12.5 Å². The van der Waals surface area contributed by atoms with Crippen molar-refractivity contribution in [2.75, 3.05) is 20.1 Å². The number of benzene rings is 1. The molecule has 0 saturated heterocycles. The molecular weight excluding hydrogens is 328 g/mol. The molecule has 0 bridgehead atoms. The second kappa shape index (κ2) is 7.19. The number of halogens is 1. The molecule has 1 aromatic carbocycles. The van der Waals surface area contributed by atoms with Crippen molar-refractivity contribution in [1.82, 2.24) is 9.62 Å². The Kier molecular flexibility index (Phi) is 6.19. The van der Waals surface area contributed by atoms with Gasteiger partial charge in [0.1, 0.15) is 0 Å². The lowest BCUT2D eigenvalue weighted by Crippen LogP contribution is -2.27. The van der Waals surface area contributed by atoms with Crippen molar-refractivity contribution >= 4 is 26.0 Å². The Balaban J connectivity index is 3.14. The zero-order valence-corrected chi connectivity index (χ0v) is 13.6. The van der Waals surface area contributed by atoms with Crippen LogP contribution in [0.3, 0.4) is 0 Å². The monoisotopic (exact) mass is 346 g/mol. The maximum atomic E-state index is 12.4. The van der Waals surface area contributed by atoms with Gasteiger partial charge in [0.05, 0.1) is 4.90 Å². The number of nitrogens with one attached hydrogen (secondary N) is 1. The van der Waals surface area contributed by atoms with Crippen molar-refractivity contribution in [3.05, 3.63) is 40.9 Å². The number of hydrogen-bond acceptors (Lipinski definition) is 3. The zero-order chi connectivity index (χ0) is 14.5. The minimum atomic E-state index is -3.49. The molecular formula is C13H19BrN2O2S. The predicted octanol–water partition coefficient (Wildman–Crippen LogP) is 2.37. The van der Waals surface area contributed by atoms with Crippen LogP contribution in [-0.2, 0) is 16.6 Å². The molecule has 0 aliphatic rings. The van der Waals surface area contributed by atoms with Crippen molar-refractivity contribution in [2.45, 2.75) is 18.4 Å². The molecule has 0 fully saturated rings. The van der Waals surface area contributed by atoms with E-state index in [4.69, 9.17) is 0 Å². The van der Waals surface area contributed by atoms with Crippen molar-refractivity contribution in [3.8, 4) is 0 Å². The molecule has 0 atom stereocenters. The first kappa shape index (κ1) is 16.4. The normalized spacial score (nSPS) is 11.8. The molecule has 19 heavy (non-hydrogen) atoms. The summed E-state index contributed by atoms with van der Waals surface area (Å²) >= 11 is 3.30. The summed E-state index contributed by atoms with van der Waals surface area (Å²) in [5.41, 5.74) is 0.940. The van der Waals surface area contributed by atoms with E-state index in [0.29, 0.717) is 11.0 Å². The van der Waals surface area contributed by atoms with E-state index in [9.17, 15) is 8.42 Å². The first-order valence-corrected chi connectivity index (χ1v) is 8.23. The van der Waals surface area contributed by atoms with Gasteiger partial charge in [-0.3, -0.25) is 0 Å². The van der Waals surface area contributed by atoms with Gasteiger partial charge in [0, 0.05) is 24.6 Å². The van der Waals surface area contributed by atoms with Gasteiger partial charge in [0.2, 0.25) is 10.0 Å². The van der Waals surface area contributed by atoms with E-state index in [2.05, 4.69) is 27.8 Å². The van der Waals surface area contributed by atoms with Gasteiger partial charge in [-0.05, 0) is 40.2 Å². The summed E-state index contributed by atoms with van der Waals surface area (Å²) in [7, 11) is -1.95. The predicted molar refractivity (Wildman–Crippen MR) is 81.5 cm³/mol. The van der Waals surface area contributed by atoms with Gasteiger partial charge >= 0.3 is 0 Å². The molecule has 0 saturated carbocycles. The number of likely N-dealkylation sites (N-methyl/N-ethyl adjacent to an activating group) is 1. The molecule has 0 unspecified atom stereocenters. The number of rotatable bonds is 7. The molecule has 1 rings (SSSR count). The third kappa shape index (κ3) is 4.14. The standard InChI is InChI=1S/C13H19BrN2O2S/c1-4-8-16(3)19(17,18)13-9-11(10-15-5-2)6-7-12(13)14/h4,6-7,9,15H,1,5,8,10H2,2-3H3. The van der Waals surface area contributed by atoms with Crippen molar-refractivity contribution in [2.24, 2.45) is 0 Å². The molecule has 0 aromatic heterocycles. The molecule has 106 valence electrons. The Bertz CT molecular complexity index is 544. The summed E-state index contributed by atoms with van der Waals surface area (Å²) in [6.07, 6.45) is 1.56. The molecule has 0 aliphatic carbocycles. The fourth-order valence-electron chi connectivity index (χ4n) is 1.57. The summed E-state index contributed by atoms with van der Waals surface area (Å²) in [5.74, 6) is 0. The number of nitrogens with zero attached hydrogens (tertiary/aromatic N) is 1. The summed E-state index contributed by atoms with van der Waals surface area (Å²) in [6.45, 7) is 7.34. The minimum Gasteiger partial charge on any atom is -0.313 e. The molecule has 0 radical (unpaired) electrons. The fourth-order valence-corrected chi connectivity index (χ4v) is 3.69. The van der Waals surface area contributed by atoms with Gasteiger partial charge in [-0.25, -0.2) is 8.42 Å². The zero-order valence-electron chi connectivity index (χ0n) is 11.2. The van der Waals surface area contributed by atoms with Gasteiger partial charge in [-0.1, -0.05) is 19.1 Å². The lowest BCUT2D eigenvalue weighted by atomic mass is 10.2. The van der Waals surface area contributed by atoms with Crippen molar-refractivity contribution in [1.29, 1.82) is 0 Å². The van der Waals surface area contributed by atoms with Crippen LogP contribution in [-0.4, -0.2) is 32.9 Å². The summed E-state index contributed by atoms with van der Waals surface area (Å²) in [6, 6.07) is 5.36. The molecule has 1 aromatic rings. The highest BCUT2D eigenvalue weighted by Gasteiger charge is 2.22. The van der Waals surface area contributed by atoms with Gasteiger partial charge in [0.25, 0.3) is 0 Å². The van der Waals surface area contributed by atoms with Crippen LogP contribution in [0.5, 0.6) is 0 Å². The van der Waals surface area contributed by atoms with Gasteiger partial charge < -0.3 is 5.32 Å². The number of sulfonamides is 1. The third-order valence-electron chi connectivity index (χ3n) is 2.65. The molecule has 0 aliphatic heterocycles. The van der Waals surface area contributed by atoms with Crippen LogP contribution in [0.15, 0.2) is 40.2 Å². The van der Waals surface area contributed by atoms with Gasteiger partial charge in [0.15, 0.2) is 0 Å². The first-order chi connectivity index (χ1) is 8.93. The highest BCUT2D eigenvalue weighted by atomic mass is 79.9. The average Bonchev–Trinajstić information content (AvgIpc) is 2.37. The summed E-state index contributed by atoms with van der Waals surface area (Å²) in [4.78, 5) is 0.284. The highest BCUT2D eigenvalue weighted by molar-refractivity contribution is 9.10. The Hall–Kier alpha value is -0.690. The van der Waals surface area contributed by atoms with Crippen LogP contribution in [0.2, 0.25) is 0 Å². The second-order valence-electron chi connectivity index (χ2n) is 4.12. The number of hydrogen-bond donors (Lipinski definition) is 1. The molecule has 0 spiro atoms. The van der Waals surface area contributed by atoms with Gasteiger partial charge in [-0.15, -0.1) is 6.58 Å². The van der Waals surface area contributed by atoms with Crippen molar-refractivity contribution in [3.63, 3.8) is 0 Å². The quantitative estimate of drug-likeness (QED) is 0.771. The van der Waals surface area contributed by atoms with E-state index in [-0.39, 0.29) is 11.4 Å². The van der Waals surface area contributed by atoms with E-state index in [1.165, 1.54) is 4.31 Å². The topological polar surface area (TPSA) is 49.4 Å². The van der Waals surface area contributed by atoms with Crippen LogP contribution >= 0.6 is 15.9 Å². The summed E-state index contributed by atoms with van der Waals surface area (Å²) < 4.78 is 26.6. The summed E-state index contributed by atoms with van der Waals surface area (Å²) in [5, 5.41) is 3.18. The lowest BCUT2D eigenvalue weighted by Gasteiger charge is -2.17. The highest BCUT2D eigenvalue weighted by Crippen LogP contribution is 2.25. The Morgan fingerprint density at radius 2 is 2.16 bits per heavy atom. The Morgan fingerprint density at radius 1 is 1.47 bits per heavy atom. The smallest absolute Gasteiger partial charge is 0.244 e. The van der Waals surface area contributed by atoms with Crippen LogP contribution in [0.4, 0.5) is 0 Å². The second-order valence-corrected chi connectivity index (χ2v) is 6.99. The molecule has 0 heterocycles.